The van der Waals surface area contributed by atoms with Gasteiger partial charge in [0.2, 0.25) is 0 Å². The van der Waals surface area contributed by atoms with Crippen LogP contribution >= 0.6 is 0 Å². The van der Waals surface area contributed by atoms with E-state index in [0.717, 1.165) is 18.6 Å². The first-order valence-electron chi connectivity index (χ1n) is 4.84. The molecule has 1 aromatic rings. The fourth-order valence-electron chi connectivity index (χ4n) is 1.30. The predicted molar refractivity (Wildman–Crippen MR) is 54.9 cm³/mol. The summed E-state index contributed by atoms with van der Waals surface area (Å²) in [5.41, 5.74) is 5.43. The number of carbonyl (C=O) groups is 1. The van der Waals surface area contributed by atoms with Crippen LogP contribution in [0, 0.1) is 11.6 Å². The van der Waals surface area contributed by atoms with Crippen molar-refractivity contribution in [2.75, 3.05) is 5.32 Å². The molecule has 1 saturated carbocycles. The van der Waals surface area contributed by atoms with Crippen LogP contribution in [0.4, 0.5) is 19.3 Å². The maximum absolute atomic E-state index is 13.1. The van der Waals surface area contributed by atoms with Crippen molar-refractivity contribution in [1.29, 1.82) is 0 Å². The molecule has 2 amide bonds. The summed E-state index contributed by atoms with van der Waals surface area (Å²) in [6.07, 6.45) is 0.722. The van der Waals surface area contributed by atoms with Crippen LogP contribution in [0.2, 0.25) is 0 Å². The van der Waals surface area contributed by atoms with Gasteiger partial charge in [0.25, 0.3) is 0 Å². The second-order valence-corrected chi connectivity index (χ2v) is 3.73. The molecular weight excluding hydrogens is 216 g/mol. The maximum atomic E-state index is 13.1. The van der Waals surface area contributed by atoms with Crippen molar-refractivity contribution in [3.63, 3.8) is 0 Å². The average Bonchev–Trinajstić information content (AvgIpc) is 2.86. The predicted octanol–water partition coefficient (Wildman–Crippen LogP) is 1.19. The van der Waals surface area contributed by atoms with Crippen LogP contribution in [0.5, 0.6) is 0 Å². The number of benzene rings is 1. The smallest absolute Gasteiger partial charge is 0.319 e. The summed E-state index contributed by atoms with van der Waals surface area (Å²) in [6, 6.07) is 2.33. The molecule has 2 unspecified atom stereocenters. The van der Waals surface area contributed by atoms with Crippen molar-refractivity contribution in [2.24, 2.45) is 5.73 Å². The average molecular weight is 227 g/mol. The third-order valence-electron chi connectivity index (χ3n) is 2.34. The molecule has 86 valence electrons. The van der Waals surface area contributed by atoms with Crippen LogP contribution in [0.1, 0.15) is 6.42 Å². The molecule has 16 heavy (non-hydrogen) atoms. The Balaban J connectivity index is 1.95. The lowest BCUT2D eigenvalue weighted by Crippen LogP contribution is -2.33. The molecule has 1 aliphatic rings. The van der Waals surface area contributed by atoms with E-state index >= 15 is 0 Å². The molecule has 6 heteroatoms. The Morgan fingerprint density at radius 3 is 2.69 bits per heavy atom. The lowest BCUT2D eigenvalue weighted by molar-refractivity contribution is 0.251. The minimum absolute atomic E-state index is 0.0242. The highest BCUT2D eigenvalue weighted by Crippen LogP contribution is 2.19. The van der Waals surface area contributed by atoms with E-state index in [2.05, 4.69) is 10.6 Å². The maximum Gasteiger partial charge on any atom is 0.319 e. The molecule has 0 aliphatic heterocycles. The van der Waals surface area contributed by atoms with Gasteiger partial charge in [-0.15, -0.1) is 0 Å². The Labute approximate surface area is 90.8 Å². The van der Waals surface area contributed by atoms with Crippen LogP contribution < -0.4 is 16.4 Å². The normalized spacial score (nSPS) is 22.7. The molecule has 1 aromatic carbocycles. The van der Waals surface area contributed by atoms with Gasteiger partial charge < -0.3 is 16.4 Å². The lowest BCUT2D eigenvalue weighted by atomic mass is 10.3. The summed E-state index contributed by atoms with van der Waals surface area (Å²) in [4.78, 5) is 11.3. The van der Waals surface area contributed by atoms with Crippen molar-refractivity contribution < 1.29 is 13.6 Å². The van der Waals surface area contributed by atoms with Gasteiger partial charge in [0.1, 0.15) is 11.6 Å². The van der Waals surface area contributed by atoms with Crippen molar-refractivity contribution in [1.82, 2.24) is 5.32 Å². The van der Waals surface area contributed by atoms with Gasteiger partial charge in [-0.05, 0) is 18.6 Å². The van der Waals surface area contributed by atoms with E-state index in [1.165, 1.54) is 0 Å². The summed E-state index contributed by atoms with van der Waals surface area (Å²) >= 11 is 0. The van der Waals surface area contributed by atoms with Gasteiger partial charge in [0, 0.05) is 18.2 Å². The topological polar surface area (TPSA) is 67.1 Å². The second kappa shape index (κ2) is 4.05. The summed E-state index contributed by atoms with van der Waals surface area (Å²) in [5, 5.41) is 4.84. The molecule has 0 aromatic heterocycles. The zero-order chi connectivity index (χ0) is 11.7. The van der Waals surface area contributed by atoms with Crippen molar-refractivity contribution in [2.45, 2.75) is 18.5 Å². The van der Waals surface area contributed by atoms with E-state index in [0.29, 0.717) is 6.07 Å². The Bertz CT molecular complexity index is 425. The first-order valence-corrected chi connectivity index (χ1v) is 4.84. The number of nitrogens with two attached hydrogens (primary N) is 1. The molecule has 2 rings (SSSR count). The summed E-state index contributed by atoms with van der Waals surface area (Å²) in [5.74, 6) is -1.50. The summed E-state index contributed by atoms with van der Waals surface area (Å²) in [6.45, 7) is 0. The van der Waals surface area contributed by atoms with E-state index in [1.807, 2.05) is 0 Å². The van der Waals surface area contributed by atoms with Crippen molar-refractivity contribution in [3.05, 3.63) is 29.8 Å². The Kier molecular flexibility index (Phi) is 2.74. The quantitative estimate of drug-likeness (QED) is 0.710. The number of carbonyl (C=O) groups excluding carboxylic acids is 1. The monoisotopic (exact) mass is 227 g/mol. The van der Waals surface area contributed by atoms with E-state index < -0.39 is 17.7 Å². The highest BCUT2D eigenvalue weighted by Gasteiger charge is 2.34. The Morgan fingerprint density at radius 2 is 2.12 bits per heavy atom. The largest absolute Gasteiger partial charge is 0.334 e. The highest BCUT2D eigenvalue weighted by molar-refractivity contribution is 5.89. The molecule has 4 nitrogen and oxygen atoms in total. The van der Waals surface area contributed by atoms with Gasteiger partial charge in [-0.3, -0.25) is 0 Å². The molecule has 0 radical (unpaired) electrons. The summed E-state index contributed by atoms with van der Waals surface area (Å²) < 4.78 is 25.7. The number of anilines is 1. The van der Waals surface area contributed by atoms with E-state index in [-0.39, 0.29) is 17.8 Å². The third-order valence-corrected chi connectivity index (χ3v) is 2.34. The molecule has 0 bridgehead atoms. The van der Waals surface area contributed by atoms with Gasteiger partial charge in [-0.1, -0.05) is 0 Å². The number of nitrogens with one attached hydrogen (secondary N) is 2. The van der Waals surface area contributed by atoms with E-state index in [1.54, 1.807) is 0 Å². The second-order valence-electron chi connectivity index (χ2n) is 3.73. The van der Waals surface area contributed by atoms with Gasteiger partial charge in [0.05, 0.1) is 5.69 Å². The van der Waals surface area contributed by atoms with Crippen LogP contribution in [-0.2, 0) is 0 Å². The van der Waals surface area contributed by atoms with Crippen LogP contribution in [0.3, 0.4) is 0 Å². The number of hydrogen-bond donors (Lipinski definition) is 3. The first kappa shape index (κ1) is 10.8. The third kappa shape index (κ3) is 2.46. The first-order chi connectivity index (χ1) is 7.56. The zero-order valence-corrected chi connectivity index (χ0v) is 8.34. The number of rotatable bonds is 2. The van der Waals surface area contributed by atoms with Gasteiger partial charge in [-0.25, -0.2) is 13.6 Å². The fourth-order valence-corrected chi connectivity index (χ4v) is 1.30. The number of halogens is 2. The molecule has 0 heterocycles. The number of amides is 2. The standard InChI is InChI=1S/C10H11F2N3O/c11-5-1-2-8(6(12)3-5)14-10(16)15-9-4-7(9)13/h1-3,7,9H,4,13H2,(H2,14,15,16). The lowest BCUT2D eigenvalue weighted by Gasteiger charge is -2.07. The molecule has 0 saturated heterocycles. The molecule has 1 fully saturated rings. The Hall–Kier alpha value is -1.69. The number of urea groups is 1. The molecule has 0 spiro atoms. The molecular formula is C10H11F2N3O. The van der Waals surface area contributed by atoms with Crippen molar-refractivity contribution >= 4 is 11.7 Å². The zero-order valence-electron chi connectivity index (χ0n) is 8.34. The molecule has 1 aliphatic carbocycles. The van der Waals surface area contributed by atoms with Gasteiger partial charge in [0.15, 0.2) is 0 Å². The Morgan fingerprint density at radius 1 is 1.44 bits per heavy atom. The molecule has 4 N–H and O–H groups in total. The van der Waals surface area contributed by atoms with E-state index in [4.69, 9.17) is 5.73 Å². The molecule has 2 atom stereocenters. The van der Waals surface area contributed by atoms with Gasteiger partial charge in [-0.2, -0.15) is 0 Å². The van der Waals surface area contributed by atoms with Crippen molar-refractivity contribution in [3.8, 4) is 0 Å². The van der Waals surface area contributed by atoms with Crippen LogP contribution in [0.15, 0.2) is 18.2 Å². The van der Waals surface area contributed by atoms with E-state index in [9.17, 15) is 13.6 Å². The SMILES string of the molecule is NC1CC1NC(=O)Nc1ccc(F)cc1F. The van der Waals surface area contributed by atoms with Gasteiger partial charge >= 0.3 is 6.03 Å². The fraction of sp³-hybridized carbons (Fsp3) is 0.300. The van der Waals surface area contributed by atoms with Crippen LogP contribution in [-0.4, -0.2) is 18.1 Å². The summed E-state index contributed by atoms with van der Waals surface area (Å²) in [7, 11) is 0. The minimum atomic E-state index is -0.810. The van der Waals surface area contributed by atoms with Crippen LogP contribution in [0.25, 0.3) is 0 Å². The minimum Gasteiger partial charge on any atom is -0.334 e. The highest BCUT2D eigenvalue weighted by atomic mass is 19.1. The number of hydrogen-bond acceptors (Lipinski definition) is 2.